The summed E-state index contributed by atoms with van der Waals surface area (Å²) in [6.07, 6.45) is 2.82. The number of likely N-dealkylation sites (N-methyl/N-ethyl adjacent to an activating group) is 1. The standard InChI is InChI=1S/C10H21NO2/c1-5-7-8-13-10(12)9(6-2)11(3)4/h9H,5-8H2,1-4H3. The Morgan fingerprint density at radius 2 is 2.00 bits per heavy atom. The Kier molecular flexibility index (Phi) is 6.59. The van der Waals surface area contributed by atoms with Crippen LogP contribution in [0.2, 0.25) is 0 Å². The predicted molar refractivity (Wildman–Crippen MR) is 53.6 cm³/mol. The van der Waals surface area contributed by atoms with Gasteiger partial charge in [-0.1, -0.05) is 20.3 Å². The minimum absolute atomic E-state index is 0.0862. The summed E-state index contributed by atoms with van der Waals surface area (Å²) in [7, 11) is 3.80. The van der Waals surface area contributed by atoms with E-state index in [9.17, 15) is 4.79 Å². The zero-order valence-electron chi connectivity index (χ0n) is 9.17. The fourth-order valence-corrected chi connectivity index (χ4v) is 1.16. The third kappa shape index (κ3) is 4.88. The van der Waals surface area contributed by atoms with Crippen molar-refractivity contribution in [3.8, 4) is 0 Å². The van der Waals surface area contributed by atoms with Crippen LogP contribution >= 0.6 is 0 Å². The van der Waals surface area contributed by atoms with Crippen molar-refractivity contribution in [2.24, 2.45) is 0 Å². The SMILES string of the molecule is CCCCOC(=O)C(CC)N(C)C. The fourth-order valence-electron chi connectivity index (χ4n) is 1.16. The van der Waals surface area contributed by atoms with Gasteiger partial charge in [0, 0.05) is 0 Å². The van der Waals surface area contributed by atoms with E-state index in [0.29, 0.717) is 6.61 Å². The Morgan fingerprint density at radius 1 is 1.38 bits per heavy atom. The molecule has 0 aliphatic heterocycles. The summed E-state index contributed by atoms with van der Waals surface area (Å²) in [4.78, 5) is 13.3. The van der Waals surface area contributed by atoms with Gasteiger partial charge in [-0.2, -0.15) is 0 Å². The quantitative estimate of drug-likeness (QED) is 0.468. The number of carbonyl (C=O) groups excluding carboxylic acids is 1. The predicted octanol–water partition coefficient (Wildman–Crippen LogP) is 1.67. The van der Waals surface area contributed by atoms with E-state index >= 15 is 0 Å². The van der Waals surface area contributed by atoms with Gasteiger partial charge in [-0.3, -0.25) is 9.69 Å². The molecular formula is C10H21NO2. The molecule has 0 spiro atoms. The van der Waals surface area contributed by atoms with E-state index in [-0.39, 0.29) is 12.0 Å². The van der Waals surface area contributed by atoms with Crippen LogP contribution in [0.1, 0.15) is 33.1 Å². The molecule has 0 aromatic carbocycles. The van der Waals surface area contributed by atoms with Crippen LogP contribution in [0.5, 0.6) is 0 Å². The van der Waals surface area contributed by atoms with Gasteiger partial charge in [-0.15, -0.1) is 0 Å². The number of hydrogen-bond acceptors (Lipinski definition) is 3. The second-order valence-corrected chi connectivity index (χ2v) is 3.41. The Hall–Kier alpha value is -0.570. The lowest BCUT2D eigenvalue weighted by atomic mass is 10.2. The maximum absolute atomic E-state index is 11.4. The van der Waals surface area contributed by atoms with Gasteiger partial charge in [0.05, 0.1) is 6.61 Å². The average Bonchev–Trinajstić information content (AvgIpc) is 2.05. The molecule has 1 unspecified atom stereocenters. The van der Waals surface area contributed by atoms with Crippen molar-refractivity contribution in [2.45, 2.75) is 39.2 Å². The van der Waals surface area contributed by atoms with Crippen LogP contribution in [0, 0.1) is 0 Å². The zero-order chi connectivity index (χ0) is 10.3. The van der Waals surface area contributed by atoms with Crippen LogP contribution in [0.4, 0.5) is 0 Å². The molecule has 13 heavy (non-hydrogen) atoms. The average molecular weight is 187 g/mol. The van der Waals surface area contributed by atoms with Gasteiger partial charge in [-0.05, 0) is 26.9 Å². The molecule has 0 bridgehead atoms. The lowest BCUT2D eigenvalue weighted by Gasteiger charge is -2.20. The number of esters is 1. The summed E-state index contributed by atoms with van der Waals surface area (Å²) < 4.78 is 5.12. The molecule has 0 aliphatic carbocycles. The second-order valence-electron chi connectivity index (χ2n) is 3.41. The van der Waals surface area contributed by atoms with E-state index in [0.717, 1.165) is 19.3 Å². The lowest BCUT2D eigenvalue weighted by Crippen LogP contribution is -2.36. The van der Waals surface area contributed by atoms with E-state index in [1.54, 1.807) is 0 Å². The van der Waals surface area contributed by atoms with E-state index in [2.05, 4.69) is 6.92 Å². The van der Waals surface area contributed by atoms with Gasteiger partial charge in [0.1, 0.15) is 6.04 Å². The second kappa shape index (κ2) is 6.89. The van der Waals surface area contributed by atoms with Gasteiger partial charge in [-0.25, -0.2) is 0 Å². The Morgan fingerprint density at radius 3 is 2.38 bits per heavy atom. The first kappa shape index (κ1) is 12.4. The highest BCUT2D eigenvalue weighted by molar-refractivity contribution is 5.75. The summed E-state index contributed by atoms with van der Waals surface area (Å²) >= 11 is 0. The highest BCUT2D eigenvalue weighted by Crippen LogP contribution is 2.02. The van der Waals surface area contributed by atoms with Gasteiger partial charge in [0.2, 0.25) is 0 Å². The topological polar surface area (TPSA) is 29.5 Å². The number of nitrogens with zero attached hydrogens (tertiary/aromatic N) is 1. The largest absolute Gasteiger partial charge is 0.465 e. The molecule has 0 saturated carbocycles. The third-order valence-corrected chi connectivity index (χ3v) is 2.02. The molecule has 3 heteroatoms. The van der Waals surface area contributed by atoms with Gasteiger partial charge in [0.15, 0.2) is 0 Å². The number of rotatable bonds is 6. The Balaban J connectivity index is 3.78. The van der Waals surface area contributed by atoms with Crippen molar-refractivity contribution in [1.29, 1.82) is 0 Å². The molecule has 0 fully saturated rings. The van der Waals surface area contributed by atoms with Crippen molar-refractivity contribution < 1.29 is 9.53 Å². The van der Waals surface area contributed by atoms with Gasteiger partial charge >= 0.3 is 5.97 Å². The number of hydrogen-bond donors (Lipinski definition) is 0. The molecule has 1 atom stereocenters. The van der Waals surface area contributed by atoms with Crippen molar-refractivity contribution in [2.75, 3.05) is 20.7 Å². The van der Waals surface area contributed by atoms with Crippen LogP contribution < -0.4 is 0 Å². The summed E-state index contributed by atoms with van der Waals surface area (Å²) in [5.41, 5.74) is 0. The van der Waals surface area contributed by atoms with Crippen molar-refractivity contribution >= 4 is 5.97 Å². The fraction of sp³-hybridized carbons (Fsp3) is 0.900. The number of carbonyl (C=O) groups is 1. The molecule has 0 saturated heterocycles. The molecule has 0 rings (SSSR count). The Labute approximate surface area is 81.1 Å². The van der Waals surface area contributed by atoms with E-state index in [1.165, 1.54) is 0 Å². The molecule has 0 aromatic heterocycles. The number of unbranched alkanes of at least 4 members (excludes halogenated alkanes) is 1. The van der Waals surface area contributed by atoms with Crippen LogP contribution in [0.15, 0.2) is 0 Å². The molecule has 0 N–H and O–H groups in total. The summed E-state index contributed by atoms with van der Waals surface area (Å²) in [5.74, 6) is -0.0963. The van der Waals surface area contributed by atoms with Crippen LogP contribution in [0.3, 0.4) is 0 Å². The van der Waals surface area contributed by atoms with Gasteiger partial charge in [0.25, 0.3) is 0 Å². The zero-order valence-corrected chi connectivity index (χ0v) is 9.17. The molecule has 0 heterocycles. The number of ether oxygens (including phenoxy) is 1. The smallest absolute Gasteiger partial charge is 0.323 e. The van der Waals surface area contributed by atoms with Gasteiger partial charge < -0.3 is 4.74 Å². The summed E-state index contributed by atoms with van der Waals surface area (Å²) in [6.45, 7) is 4.63. The van der Waals surface area contributed by atoms with E-state index in [1.807, 2.05) is 25.9 Å². The minimum atomic E-state index is -0.0963. The van der Waals surface area contributed by atoms with Crippen LogP contribution in [-0.2, 0) is 9.53 Å². The molecule has 0 aliphatic rings. The van der Waals surface area contributed by atoms with Crippen molar-refractivity contribution in [1.82, 2.24) is 4.90 Å². The molecule has 0 aromatic rings. The molecule has 78 valence electrons. The monoisotopic (exact) mass is 187 g/mol. The highest BCUT2D eigenvalue weighted by Gasteiger charge is 2.19. The molecule has 0 amide bonds. The van der Waals surface area contributed by atoms with Crippen LogP contribution in [-0.4, -0.2) is 37.6 Å². The van der Waals surface area contributed by atoms with Crippen molar-refractivity contribution in [3.05, 3.63) is 0 Å². The summed E-state index contributed by atoms with van der Waals surface area (Å²) in [6, 6.07) is -0.0862. The molecule has 0 radical (unpaired) electrons. The molecular weight excluding hydrogens is 166 g/mol. The highest BCUT2D eigenvalue weighted by atomic mass is 16.5. The minimum Gasteiger partial charge on any atom is -0.465 e. The van der Waals surface area contributed by atoms with E-state index in [4.69, 9.17) is 4.74 Å². The maximum atomic E-state index is 11.4. The first-order valence-corrected chi connectivity index (χ1v) is 4.96. The first-order valence-electron chi connectivity index (χ1n) is 4.96. The van der Waals surface area contributed by atoms with Crippen LogP contribution in [0.25, 0.3) is 0 Å². The normalized spacial score (nSPS) is 13.0. The lowest BCUT2D eigenvalue weighted by molar-refractivity contribution is -0.149. The summed E-state index contributed by atoms with van der Waals surface area (Å²) in [5, 5.41) is 0. The third-order valence-electron chi connectivity index (χ3n) is 2.02. The van der Waals surface area contributed by atoms with E-state index < -0.39 is 0 Å². The maximum Gasteiger partial charge on any atom is 0.323 e. The molecule has 3 nitrogen and oxygen atoms in total. The first-order chi connectivity index (χ1) is 6.13. The van der Waals surface area contributed by atoms with Crippen molar-refractivity contribution in [3.63, 3.8) is 0 Å². The Bertz CT molecular complexity index is 146.